The normalized spacial score (nSPS) is 24.1. The van der Waals surface area contributed by atoms with Crippen LogP contribution in [-0.2, 0) is 14.3 Å². The van der Waals surface area contributed by atoms with Gasteiger partial charge in [-0.25, -0.2) is 0 Å². The highest BCUT2D eigenvalue weighted by Crippen LogP contribution is 2.57. The van der Waals surface area contributed by atoms with Crippen molar-refractivity contribution in [3.8, 4) is 0 Å². The van der Waals surface area contributed by atoms with Gasteiger partial charge in [-0.2, -0.15) is 0 Å². The highest BCUT2D eigenvalue weighted by molar-refractivity contribution is 5.81. The third-order valence-electron chi connectivity index (χ3n) is 7.56. The number of ether oxygens (including phenoxy) is 1. The van der Waals surface area contributed by atoms with E-state index >= 15 is 0 Å². The number of Topliss-reactive ketones (excluding diaryl/α,β-unsaturated/α-hetero) is 1. The monoisotopic (exact) mass is 432 g/mol. The molecule has 0 N–H and O–H groups in total. The van der Waals surface area contributed by atoms with E-state index in [1.165, 1.54) is 6.42 Å². The molecule has 2 unspecified atom stereocenters. The van der Waals surface area contributed by atoms with Crippen LogP contribution in [0.4, 0.5) is 0 Å². The van der Waals surface area contributed by atoms with Gasteiger partial charge >= 0.3 is 5.97 Å². The Bertz CT molecular complexity index is 657. The summed E-state index contributed by atoms with van der Waals surface area (Å²) in [5.74, 6) is 1.41. The quantitative estimate of drug-likeness (QED) is 0.210. The first-order valence-electron chi connectivity index (χ1n) is 12.3. The number of hydrogen-bond acceptors (Lipinski definition) is 3. The zero-order valence-corrected chi connectivity index (χ0v) is 21.7. The van der Waals surface area contributed by atoms with Crippen LogP contribution in [0, 0.1) is 34.5 Å². The molecule has 0 bridgehead atoms. The Labute approximate surface area is 192 Å². The topological polar surface area (TPSA) is 43.4 Å². The van der Waals surface area contributed by atoms with Crippen LogP contribution < -0.4 is 0 Å². The third kappa shape index (κ3) is 8.94. The number of ketones is 1. The number of allylic oxidation sites excluding steroid dienone is 2. The Morgan fingerprint density at radius 3 is 2.35 bits per heavy atom. The minimum absolute atomic E-state index is 0.0751. The molecule has 0 aliphatic heterocycles. The van der Waals surface area contributed by atoms with Crippen molar-refractivity contribution >= 4 is 11.8 Å². The number of carbonyl (C=O) groups excluding carboxylic acids is 2. The fourth-order valence-electron chi connectivity index (χ4n) is 4.10. The second kappa shape index (κ2) is 11.5. The van der Waals surface area contributed by atoms with Gasteiger partial charge in [0.2, 0.25) is 0 Å². The lowest BCUT2D eigenvalue weighted by atomic mass is 9.73. The van der Waals surface area contributed by atoms with Crippen molar-refractivity contribution in [2.24, 2.45) is 34.5 Å². The van der Waals surface area contributed by atoms with Crippen molar-refractivity contribution in [1.29, 1.82) is 0 Å². The molecule has 1 aliphatic carbocycles. The summed E-state index contributed by atoms with van der Waals surface area (Å²) in [6.45, 7) is 23.0. The Balaban J connectivity index is 2.61. The molecule has 0 amide bonds. The number of carbonyl (C=O) groups is 2. The molecular formula is C28H48O3. The van der Waals surface area contributed by atoms with Crippen molar-refractivity contribution in [3.63, 3.8) is 0 Å². The van der Waals surface area contributed by atoms with E-state index in [9.17, 15) is 9.59 Å². The molecule has 0 saturated heterocycles. The fourth-order valence-corrected chi connectivity index (χ4v) is 4.10. The van der Waals surface area contributed by atoms with Crippen LogP contribution in [0.25, 0.3) is 0 Å². The maximum Gasteiger partial charge on any atom is 0.306 e. The average Bonchev–Trinajstić information content (AvgIpc) is 3.28. The largest absolute Gasteiger partial charge is 0.458 e. The van der Waals surface area contributed by atoms with Gasteiger partial charge in [0.05, 0.1) is 0 Å². The lowest BCUT2D eigenvalue weighted by molar-refractivity contribution is -0.150. The molecule has 1 fully saturated rings. The number of rotatable bonds is 14. The summed E-state index contributed by atoms with van der Waals surface area (Å²) >= 11 is 0. The van der Waals surface area contributed by atoms with E-state index < -0.39 is 0 Å². The Morgan fingerprint density at radius 2 is 1.84 bits per heavy atom. The van der Waals surface area contributed by atoms with Gasteiger partial charge in [0.1, 0.15) is 11.9 Å². The van der Waals surface area contributed by atoms with Crippen molar-refractivity contribution in [3.05, 3.63) is 24.3 Å². The minimum atomic E-state index is -0.226. The zero-order valence-electron chi connectivity index (χ0n) is 21.7. The van der Waals surface area contributed by atoms with E-state index in [0.717, 1.165) is 24.8 Å². The van der Waals surface area contributed by atoms with Gasteiger partial charge in [-0.15, -0.1) is 0 Å². The molecule has 0 aromatic heterocycles. The summed E-state index contributed by atoms with van der Waals surface area (Å²) in [6, 6.07) is 0. The standard InChI is InChI=1S/C28H48O3/c1-11-21(6)24(29)18-27(8,9)22(7)15-26(30)31-25(20(4)5)16-23-17-28(23,10)14-12-13-19(2)3/h12-13,19,21-23,25H,4,11,14-18H2,1-3,5-10H3/b13-12+/t21-,22+,23?,25+,28?/m1/s1. The molecule has 0 aromatic carbocycles. The number of esters is 1. The van der Waals surface area contributed by atoms with Crippen molar-refractivity contribution in [1.82, 2.24) is 0 Å². The summed E-state index contributed by atoms with van der Waals surface area (Å²) in [5, 5.41) is 0. The van der Waals surface area contributed by atoms with Crippen molar-refractivity contribution in [2.75, 3.05) is 0 Å². The first-order chi connectivity index (χ1) is 14.2. The summed E-state index contributed by atoms with van der Waals surface area (Å²) in [7, 11) is 0. The molecule has 5 atom stereocenters. The molecule has 3 heteroatoms. The van der Waals surface area contributed by atoms with Crippen LogP contribution in [-0.4, -0.2) is 17.9 Å². The van der Waals surface area contributed by atoms with Crippen LogP contribution in [0.1, 0.15) is 101 Å². The third-order valence-corrected chi connectivity index (χ3v) is 7.56. The van der Waals surface area contributed by atoms with Gasteiger partial charge in [0, 0.05) is 18.8 Å². The average molecular weight is 433 g/mol. The predicted molar refractivity (Wildman–Crippen MR) is 131 cm³/mol. The van der Waals surface area contributed by atoms with Crippen LogP contribution in [0.3, 0.4) is 0 Å². The molecule has 0 heterocycles. The van der Waals surface area contributed by atoms with Crippen LogP contribution in [0.15, 0.2) is 24.3 Å². The Morgan fingerprint density at radius 1 is 1.23 bits per heavy atom. The van der Waals surface area contributed by atoms with Gasteiger partial charge in [-0.05, 0) is 66.8 Å². The van der Waals surface area contributed by atoms with Crippen LogP contribution in [0.5, 0.6) is 0 Å². The summed E-state index contributed by atoms with van der Waals surface area (Å²) in [5.41, 5.74) is 1.01. The number of hydrogen-bond donors (Lipinski definition) is 0. The molecule has 0 spiro atoms. The fraction of sp³-hybridized carbons (Fsp3) is 0.786. The summed E-state index contributed by atoms with van der Waals surface area (Å²) in [6.07, 6.45) is 9.18. The first-order valence-corrected chi connectivity index (χ1v) is 12.3. The SMILES string of the molecule is C=C(C)[C@H](CC1CC1(C)C/C=C/C(C)C)OC(=O)C[C@H](C)C(C)(C)CC(=O)[C@H](C)CC. The first kappa shape index (κ1) is 27.7. The highest BCUT2D eigenvalue weighted by atomic mass is 16.5. The van der Waals surface area contributed by atoms with Gasteiger partial charge in [-0.1, -0.05) is 74.1 Å². The lowest BCUT2D eigenvalue weighted by Gasteiger charge is -2.32. The highest BCUT2D eigenvalue weighted by Gasteiger charge is 2.49. The van der Waals surface area contributed by atoms with Crippen molar-refractivity contribution < 1.29 is 14.3 Å². The molecule has 1 rings (SSSR count). The van der Waals surface area contributed by atoms with Gasteiger partial charge in [0.25, 0.3) is 0 Å². The van der Waals surface area contributed by atoms with Gasteiger partial charge in [-0.3, -0.25) is 9.59 Å². The van der Waals surface area contributed by atoms with E-state index in [4.69, 9.17) is 4.74 Å². The van der Waals surface area contributed by atoms with E-state index in [1.54, 1.807) is 0 Å². The molecule has 31 heavy (non-hydrogen) atoms. The van der Waals surface area contributed by atoms with E-state index in [2.05, 4.69) is 60.3 Å². The molecular weight excluding hydrogens is 384 g/mol. The molecule has 1 saturated carbocycles. The van der Waals surface area contributed by atoms with Crippen molar-refractivity contribution in [2.45, 2.75) is 107 Å². The van der Waals surface area contributed by atoms with Crippen LogP contribution in [0.2, 0.25) is 0 Å². The zero-order chi connectivity index (χ0) is 24.0. The van der Waals surface area contributed by atoms with E-state index in [-0.39, 0.29) is 35.1 Å². The Kier molecular flexibility index (Phi) is 10.2. The molecule has 178 valence electrons. The maximum atomic E-state index is 12.7. The van der Waals surface area contributed by atoms with Gasteiger partial charge in [0.15, 0.2) is 0 Å². The lowest BCUT2D eigenvalue weighted by Crippen LogP contribution is -2.30. The summed E-state index contributed by atoms with van der Waals surface area (Å²) in [4.78, 5) is 25.2. The maximum absolute atomic E-state index is 12.7. The minimum Gasteiger partial charge on any atom is -0.458 e. The molecule has 0 aromatic rings. The Hall–Kier alpha value is -1.38. The second-order valence-electron chi connectivity index (χ2n) is 11.5. The molecule has 1 aliphatic rings. The van der Waals surface area contributed by atoms with E-state index in [1.807, 2.05) is 20.8 Å². The van der Waals surface area contributed by atoms with Gasteiger partial charge < -0.3 is 4.74 Å². The molecule has 0 radical (unpaired) electrons. The van der Waals surface area contributed by atoms with E-state index in [0.29, 0.717) is 30.1 Å². The second-order valence-corrected chi connectivity index (χ2v) is 11.5. The smallest absolute Gasteiger partial charge is 0.306 e. The summed E-state index contributed by atoms with van der Waals surface area (Å²) < 4.78 is 5.90. The predicted octanol–water partition coefficient (Wildman–Crippen LogP) is 7.55. The molecule has 3 nitrogen and oxygen atoms in total. The van der Waals surface area contributed by atoms with Crippen LogP contribution >= 0.6 is 0 Å².